The summed E-state index contributed by atoms with van der Waals surface area (Å²) in [4.78, 5) is 91.3. The summed E-state index contributed by atoms with van der Waals surface area (Å²) in [5.74, 6) is -7.70. The second-order valence-corrected chi connectivity index (χ2v) is 13.5. The van der Waals surface area contributed by atoms with Crippen LogP contribution < -0.4 is 0 Å². The summed E-state index contributed by atoms with van der Waals surface area (Å²) >= 11 is 0. The van der Waals surface area contributed by atoms with Crippen molar-refractivity contribution in [3.05, 3.63) is 59.2 Å². The zero-order chi connectivity index (χ0) is 37.7. The van der Waals surface area contributed by atoms with Crippen LogP contribution in [0.3, 0.4) is 0 Å². The largest absolute Gasteiger partial charge is 0.458 e. The van der Waals surface area contributed by atoms with Gasteiger partial charge in [0.15, 0.2) is 23.9 Å². The second-order valence-electron chi connectivity index (χ2n) is 13.5. The number of esters is 6. The molecule has 0 heterocycles. The van der Waals surface area contributed by atoms with Crippen molar-refractivity contribution in [3.8, 4) is 0 Å². The van der Waals surface area contributed by atoms with E-state index in [9.17, 15) is 33.6 Å². The number of allylic oxidation sites excluding steroid dienone is 1. The number of ether oxygens (including phenoxy) is 6. The van der Waals surface area contributed by atoms with Crippen molar-refractivity contribution in [2.75, 3.05) is 0 Å². The molecule has 1 saturated carbocycles. The quantitative estimate of drug-likeness (QED) is 0.223. The molecule has 1 fully saturated rings. The number of Topliss-reactive ketones (excluding diaryl/α,β-unsaturated/α-hetero) is 1. The molecular weight excluding hydrogens is 652 g/mol. The van der Waals surface area contributed by atoms with E-state index >= 15 is 0 Å². The Kier molecular flexibility index (Phi) is 12.5. The lowest BCUT2D eigenvalue weighted by Gasteiger charge is -2.44. The summed E-state index contributed by atoms with van der Waals surface area (Å²) in [7, 11) is 0. The van der Waals surface area contributed by atoms with Crippen molar-refractivity contribution in [3.63, 3.8) is 0 Å². The second kappa shape index (κ2) is 15.8. The molecule has 272 valence electrons. The number of benzene rings is 1. The molecule has 8 atom stereocenters. The Labute approximate surface area is 291 Å². The monoisotopic (exact) mass is 698 g/mol. The van der Waals surface area contributed by atoms with Gasteiger partial charge in [-0.15, -0.1) is 0 Å². The van der Waals surface area contributed by atoms with Gasteiger partial charge in [-0.25, -0.2) is 4.79 Å². The predicted molar refractivity (Wildman–Crippen MR) is 176 cm³/mol. The van der Waals surface area contributed by atoms with E-state index in [4.69, 9.17) is 28.4 Å². The smallest absolute Gasteiger partial charge is 0.338 e. The van der Waals surface area contributed by atoms with Crippen LogP contribution in [0.25, 0.3) is 0 Å². The normalized spacial score (nSPS) is 31.4. The SMILES string of the molecule is CC(=O)O[C@@H]1/C(C)=C\CC(C)(C)[C@@H](OC(C)=O)[C@@H](OC(C)=O)C(=O)/C(C)=C\[C@H]2[C@@H](OC(=O)c3ccccc3)[C@@H](C)[C@H](OC(C)=O)[C@]12OC(C)=O. The molecule has 50 heavy (non-hydrogen) atoms. The van der Waals surface area contributed by atoms with E-state index in [1.165, 1.54) is 25.1 Å². The minimum absolute atomic E-state index is 0.0589. The van der Waals surface area contributed by atoms with Crippen molar-refractivity contribution >= 4 is 41.6 Å². The maximum Gasteiger partial charge on any atom is 0.338 e. The molecule has 0 bridgehead atoms. The number of rotatable bonds is 7. The van der Waals surface area contributed by atoms with Crippen LogP contribution in [0.2, 0.25) is 0 Å². The highest BCUT2D eigenvalue weighted by molar-refractivity contribution is 6.00. The van der Waals surface area contributed by atoms with Gasteiger partial charge in [0.05, 0.1) is 11.5 Å². The summed E-state index contributed by atoms with van der Waals surface area (Å²) in [6.45, 7) is 13.7. The topological polar surface area (TPSA) is 175 Å². The standard InChI is InChI=1S/C37H46O13/c1-19-16-17-36(9,10)34(48-25(7)41)31(45-22(4)38)29(43)20(2)18-28-30(49-35(44)27-14-12-11-13-15-27)21(3)33(47-24(6)40)37(28,50-26(8)42)32(19)46-23(5)39/h11-16,18,21,28,30-34H,17H2,1-10H3/b19-16-,20-18-/t21-,28+,30+,31+,32-,33+,34+,37-/m1/s1. The summed E-state index contributed by atoms with van der Waals surface area (Å²) in [5.41, 5.74) is -2.72. The van der Waals surface area contributed by atoms with Crippen LogP contribution in [0.4, 0.5) is 0 Å². The number of hydrogen-bond donors (Lipinski definition) is 0. The van der Waals surface area contributed by atoms with Crippen LogP contribution >= 0.6 is 0 Å². The number of carbonyl (C=O) groups is 7. The van der Waals surface area contributed by atoms with Crippen LogP contribution in [0.1, 0.15) is 86.0 Å². The molecule has 0 aliphatic heterocycles. The van der Waals surface area contributed by atoms with Crippen LogP contribution in [0.15, 0.2) is 53.6 Å². The van der Waals surface area contributed by atoms with Crippen molar-refractivity contribution < 1.29 is 62.0 Å². The lowest BCUT2D eigenvalue weighted by Crippen LogP contribution is -2.60. The van der Waals surface area contributed by atoms with Gasteiger partial charge in [0.1, 0.15) is 6.10 Å². The molecule has 0 N–H and O–H groups in total. The van der Waals surface area contributed by atoms with Gasteiger partial charge < -0.3 is 28.4 Å². The first kappa shape index (κ1) is 39.6. The molecule has 0 spiro atoms. The van der Waals surface area contributed by atoms with E-state index in [2.05, 4.69) is 0 Å². The third kappa shape index (κ3) is 8.67. The Balaban J connectivity index is 2.49. The molecule has 13 nitrogen and oxygen atoms in total. The molecule has 0 saturated heterocycles. The molecule has 0 radical (unpaired) electrons. The Hall–Kier alpha value is -4.81. The lowest BCUT2D eigenvalue weighted by molar-refractivity contribution is -0.210. The van der Waals surface area contributed by atoms with Crippen LogP contribution in [-0.4, -0.2) is 77.7 Å². The van der Waals surface area contributed by atoms with Gasteiger partial charge in [0, 0.05) is 46.0 Å². The van der Waals surface area contributed by atoms with Gasteiger partial charge in [0.2, 0.25) is 11.9 Å². The zero-order valence-electron chi connectivity index (χ0n) is 30.1. The molecular formula is C37H46O13. The summed E-state index contributed by atoms with van der Waals surface area (Å²) in [6, 6.07) is 8.06. The molecule has 3 rings (SSSR count). The first-order chi connectivity index (χ1) is 23.2. The Bertz CT molecular complexity index is 1570. The first-order valence-corrected chi connectivity index (χ1v) is 16.3. The molecule has 1 aromatic rings. The number of carbonyl (C=O) groups excluding carboxylic acids is 7. The maximum absolute atomic E-state index is 14.4. The highest BCUT2D eigenvalue weighted by Gasteiger charge is 2.69. The van der Waals surface area contributed by atoms with Crippen LogP contribution in [0, 0.1) is 17.3 Å². The van der Waals surface area contributed by atoms with E-state index in [-0.39, 0.29) is 17.6 Å². The summed E-state index contributed by atoms with van der Waals surface area (Å²) in [6.07, 6.45) is -3.91. The molecule has 0 aromatic heterocycles. The maximum atomic E-state index is 14.4. The average Bonchev–Trinajstić information content (AvgIpc) is 3.21. The van der Waals surface area contributed by atoms with Crippen molar-refractivity contribution in [2.45, 2.75) is 112 Å². The van der Waals surface area contributed by atoms with Crippen molar-refractivity contribution in [1.82, 2.24) is 0 Å². The van der Waals surface area contributed by atoms with Gasteiger partial charge in [-0.05, 0) is 43.5 Å². The summed E-state index contributed by atoms with van der Waals surface area (Å²) in [5, 5.41) is 0. The highest BCUT2D eigenvalue weighted by Crippen LogP contribution is 2.52. The van der Waals surface area contributed by atoms with Gasteiger partial charge in [-0.1, -0.05) is 51.1 Å². The molecule has 0 unspecified atom stereocenters. The molecule has 1 aromatic carbocycles. The minimum atomic E-state index is -2.10. The van der Waals surface area contributed by atoms with Crippen molar-refractivity contribution in [1.29, 1.82) is 0 Å². The van der Waals surface area contributed by atoms with E-state index in [0.717, 1.165) is 34.6 Å². The minimum Gasteiger partial charge on any atom is -0.458 e. The average molecular weight is 699 g/mol. The predicted octanol–water partition coefficient (Wildman–Crippen LogP) is 4.40. The number of hydrogen-bond acceptors (Lipinski definition) is 13. The fourth-order valence-corrected chi connectivity index (χ4v) is 6.83. The fourth-order valence-electron chi connectivity index (χ4n) is 6.83. The molecule has 0 amide bonds. The summed E-state index contributed by atoms with van der Waals surface area (Å²) < 4.78 is 35.3. The molecule has 2 aliphatic rings. The fraction of sp³-hybridized carbons (Fsp3) is 0.541. The van der Waals surface area contributed by atoms with Crippen LogP contribution in [0.5, 0.6) is 0 Å². The number of ketones is 1. The zero-order valence-corrected chi connectivity index (χ0v) is 30.1. The Morgan fingerprint density at radius 2 is 1.26 bits per heavy atom. The highest BCUT2D eigenvalue weighted by atomic mass is 16.6. The van der Waals surface area contributed by atoms with E-state index in [1.807, 2.05) is 0 Å². The first-order valence-electron chi connectivity index (χ1n) is 16.3. The van der Waals surface area contributed by atoms with Gasteiger partial charge in [-0.3, -0.25) is 28.8 Å². The van der Waals surface area contributed by atoms with E-state index in [1.54, 1.807) is 52.0 Å². The third-order valence-corrected chi connectivity index (χ3v) is 8.95. The third-order valence-electron chi connectivity index (χ3n) is 8.95. The van der Waals surface area contributed by atoms with Gasteiger partial charge in [0.25, 0.3) is 0 Å². The lowest BCUT2D eigenvalue weighted by atomic mass is 9.74. The molecule has 13 heteroatoms. The van der Waals surface area contributed by atoms with E-state index in [0.29, 0.717) is 5.57 Å². The Morgan fingerprint density at radius 3 is 1.78 bits per heavy atom. The molecule has 2 aliphatic carbocycles. The van der Waals surface area contributed by atoms with E-state index < -0.39 is 95.0 Å². The number of fused-ring (bicyclic) bond motifs is 1. The van der Waals surface area contributed by atoms with Crippen LogP contribution in [-0.2, 0) is 57.2 Å². The van der Waals surface area contributed by atoms with Crippen molar-refractivity contribution in [2.24, 2.45) is 17.3 Å². The van der Waals surface area contributed by atoms with Gasteiger partial charge in [-0.2, -0.15) is 0 Å². The van der Waals surface area contributed by atoms with Gasteiger partial charge >= 0.3 is 35.8 Å². The Morgan fingerprint density at radius 1 is 0.720 bits per heavy atom.